The summed E-state index contributed by atoms with van der Waals surface area (Å²) in [5.41, 5.74) is -0.646. The van der Waals surface area contributed by atoms with Gasteiger partial charge in [-0.05, 0) is 35.7 Å². The van der Waals surface area contributed by atoms with Crippen molar-refractivity contribution in [2.75, 3.05) is 6.61 Å². The summed E-state index contributed by atoms with van der Waals surface area (Å²) in [5, 5.41) is 4.23. The van der Waals surface area contributed by atoms with Crippen LogP contribution in [-0.2, 0) is 15.1 Å². The van der Waals surface area contributed by atoms with E-state index in [0.717, 1.165) is 32.1 Å². The van der Waals surface area contributed by atoms with Gasteiger partial charge in [0.25, 0.3) is 0 Å². The maximum absolute atomic E-state index is 12.2. The molecule has 0 N–H and O–H groups in total. The monoisotopic (exact) mass is 301 g/mol. The van der Waals surface area contributed by atoms with Crippen LogP contribution in [0.15, 0.2) is 11.1 Å². The van der Waals surface area contributed by atoms with E-state index in [0.29, 0.717) is 11.3 Å². The second-order valence-corrected chi connectivity index (χ2v) is 4.98. The van der Waals surface area contributed by atoms with Crippen molar-refractivity contribution in [2.24, 2.45) is 0 Å². The van der Waals surface area contributed by atoms with E-state index in [1.54, 1.807) is 11.0 Å². The summed E-state index contributed by atoms with van der Waals surface area (Å²) in [5.74, 6) is -0.183. The van der Waals surface area contributed by atoms with Gasteiger partial charge in [-0.15, -0.1) is 5.10 Å². The van der Waals surface area contributed by atoms with Gasteiger partial charge in [0, 0.05) is 0 Å². The van der Waals surface area contributed by atoms with Gasteiger partial charge in [0.2, 0.25) is 4.73 Å². The van der Waals surface area contributed by atoms with E-state index in [4.69, 9.17) is 4.74 Å². The molecule has 1 heterocycles. The largest absolute Gasteiger partial charge is 0.464 e. The standard InChI is InChI=1S/C11H16BrN3O2/c1-2-17-9(16)11(6-4-3-5-7-11)15-8-13-10(12)14-15/h8H,2-7H2,1H3. The predicted molar refractivity (Wildman–Crippen MR) is 65.4 cm³/mol. The number of rotatable bonds is 3. The Bertz CT molecular complexity index is 399. The third kappa shape index (κ3) is 2.36. The minimum Gasteiger partial charge on any atom is -0.464 e. The zero-order valence-electron chi connectivity index (χ0n) is 9.86. The van der Waals surface area contributed by atoms with E-state index in [2.05, 4.69) is 26.0 Å². The molecule has 1 fully saturated rings. The summed E-state index contributed by atoms with van der Waals surface area (Å²) >= 11 is 3.22. The average Bonchev–Trinajstić information content (AvgIpc) is 2.77. The Morgan fingerprint density at radius 2 is 2.24 bits per heavy atom. The molecule has 17 heavy (non-hydrogen) atoms. The van der Waals surface area contributed by atoms with Crippen LogP contribution in [0.4, 0.5) is 0 Å². The first-order valence-electron chi connectivity index (χ1n) is 5.94. The number of hydrogen-bond donors (Lipinski definition) is 0. The zero-order chi connectivity index (χ0) is 12.3. The third-order valence-electron chi connectivity index (χ3n) is 3.24. The van der Waals surface area contributed by atoms with Crippen LogP contribution < -0.4 is 0 Å². The molecule has 0 radical (unpaired) electrons. The Hall–Kier alpha value is -0.910. The quantitative estimate of drug-likeness (QED) is 0.804. The highest BCUT2D eigenvalue weighted by Crippen LogP contribution is 2.35. The van der Waals surface area contributed by atoms with E-state index < -0.39 is 5.54 Å². The fraction of sp³-hybridized carbons (Fsp3) is 0.727. The summed E-state index contributed by atoms with van der Waals surface area (Å²) in [6.45, 7) is 2.22. The zero-order valence-corrected chi connectivity index (χ0v) is 11.4. The fourth-order valence-electron chi connectivity index (χ4n) is 2.38. The van der Waals surface area contributed by atoms with Crippen molar-refractivity contribution in [1.29, 1.82) is 0 Å². The van der Waals surface area contributed by atoms with Crippen molar-refractivity contribution in [1.82, 2.24) is 14.8 Å². The molecule has 2 rings (SSSR count). The topological polar surface area (TPSA) is 57.0 Å². The first-order valence-corrected chi connectivity index (χ1v) is 6.73. The average molecular weight is 302 g/mol. The molecule has 0 atom stereocenters. The Kier molecular flexibility index (Phi) is 3.81. The fourth-order valence-corrected chi connectivity index (χ4v) is 2.64. The SMILES string of the molecule is CCOC(=O)C1(n2cnc(Br)n2)CCCCC1. The molecule has 0 aromatic carbocycles. The first-order chi connectivity index (χ1) is 8.19. The summed E-state index contributed by atoms with van der Waals surface area (Å²) in [7, 11) is 0. The predicted octanol–water partition coefficient (Wildman–Crippen LogP) is 2.26. The molecule has 5 nitrogen and oxygen atoms in total. The maximum atomic E-state index is 12.2. The summed E-state index contributed by atoms with van der Waals surface area (Å²) in [6, 6.07) is 0. The molecular weight excluding hydrogens is 286 g/mol. The molecule has 0 spiro atoms. The molecule has 94 valence electrons. The van der Waals surface area contributed by atoms with Gasteiger partial charge in [0.05, 0.1) is 6.61 Å². The highest BCUT2D eigenvalue weighted by Gasteiger charge is 2.43. The Morgan fingerprint density at radius 3 is 2.76 bits per heavy atom. The van der Waals surface area contributed by atoms with Crippen LogP contribution in [-0.4, -0.2) is 27.3 Å². The molecule has 0 aliphatic heterocycles. The smallest absolute Gasteiger partial charge is 0.334 e. The number of nitrogens with zero attached hydrogens (tertiary/aromatic N) is 3. The van der Waals surface area contributed by atoms with Gasteiger partial charge < -0.3 is 4.74 Å². The Morgan fingerprint density at radius 1 is 1.53 bits per heavy atom. The summed E-state index contributed by atoms with van der Waals surface area (Å²) in [4.78, 5) is 16.2. The minimum atomic E-state index is -0.646. The number of ether oxygens (including phenoxy) is 1. The van der Waals surface area contributed by atoms with Crippen molar-refractivity contribution >= 4 is 21.9 Å². The van der Waals surface area contributed by atoms with Crippen LogP contribution in [0.25, 0.3) is 0 Å². The molecule has 0 unspecified atom stereocenters. The molecular formula is C11H16BrN3O2. The van der Waals surface area contributed by atoms with Crippen LogP contribution in [0.5, 0.6) is 0 Å². The van der Waals surface area contributed by atoms with Crippen molar-refractivity contribution < 1.29 is 9.53 Å². The molecule has 1 aromatic rings. The van der Waals surface area contributed by atoms with Crippen molar-refractivity contribution in [3.05, 3.63) is 11.1 Å². The number of carbonyl (C=O) groups is 1. The van der Waals surface area contributed by atoms with Gasteiger partial charge in [-0.2, -0.15) is 0 Å². The third-order valence-corrected chi connectivity index (χ3v) is 3.60. The van der Waals surface area contributed by atoms with Crippen LogP contribution in [0.3, 0.4) is 0 Å². The van der Waals surface area contributed by atoms with Gasteiger partial charge in [-0.25, -0.2) is 14.5 Å². The van der Waals surface area contributed by atoms with Crippen molar-refractivity contribution in [3.63, 3.8) is 0 Å². The maximum Gasteiger partial charge on any atom is 0.334 e. The second-order valence-electron chi connectivity index (χ2n) is 4.27. The molecule has 0 saturated heterocycles. The van der Waals surface area contributed by atoms with E-state index in [-0.39, 0.29) is 5.97 Å². The van der Waals surface area contributed by atoms with E-state index in [1.807, 2.05) is 6.92 Å². The number of aromatic nitrogens is 3. The molecule has 0 amide bonds. The van der Waals surface area contributed by atoms with Crippen LogP contribution in [0, 0.1) is 0 Å². The van der Waals surface area contributed by atoms with Crippen LogP contribution in [0.1, 0.15) is 39.0 Å². The molecule has 1 aromatic heterocycles. The number of esters is 1. The minimum absolute atomic E-state index is 0.183. The lowest BCUT2D eigenvalue weighted by Gasteiger charge is -2.34. The summed E-state index contributed by atoms with van der Waals surface area (Å²) in [6.07, 6.45) is 6.37. The Labute approximate surface area is 109 Å². The lowest BCUT2D eigenvalue weighted by Crippen LogP contribution is -2.45. The lowest BCUT2D eigenvalue weighted by molar-refractivity contribution is -0.156. The van der Waals surface area contributed by atoms with Gasteiger partial charge in [0.1, 0.15) is 6.33 Å². The highest BCUT2D eigenvalue weighted by atomic mass is 79.9. The normalized spacial score (nSPS) is 18.9. The molecule has 0 bridgehead atoms. The Balaban J connectivity index is 2.32. The van der Waals surface area contributed by atoms with Crippen LogP contribution in [0.2, 0.25) is 0 Å². The molecule has 1 aliphatic rings. The van der Waals surface area contributed by atoms with Gasteiger partial charge in [-0.3, -0.25) is 0 Å². The lowest BCUT2D eigenvalue weighted by atomic mass is 9.82. The van der Waals surface area contributed by atoms with E-state index >= 15 is 0 Å². The van der Waals surface area contributed by atoms with Crippen molar-refractivity contribution in [2.45, 2.75) is 44.6 Å². The van der Waals surface area contributed by atoms with E-state index in [1.165, 1.54) is 0 Å². The number of hydrogen-bond acceptors (Lipinski definition) is 4. The van der Waals surface area contributed by atoms with Gasteiger partial charge in [0.15, 0.2) is 5.54 Å². The molecule has 1 aliphatic carbocycles. The summed E-state index contributed by atoms with van der Waals surface area (Å²) < 4.78 is 7.37. The van der Waals surface area contributed by atoms with Crippen LogP contribution >= 0.6 is 15.9 Å². The van der Waals surface area contributed by atoms with Gasteiger partial charge >= 0.3 is 5.97 Å². The second kappa shape index (κ2) is 5.16. The number of halogens is 1. The van der Waals surface area contributed by atoms with Crippen molar-refractivity contribution in [3.8, 4) is 0 Å². The highest BCUT2D eigenvalue weighted by molar-refractivity contribution is 9.10. The molecule has 1 saturated carbocycles. The van der Waals surface area contributed by atoms with E-state index in [9.17, 15) is 4.79 Å². The number of carbonyl (C=O) groups excluding carboxylic acids is 1. The van der Waals surface area contributed by atoms with Gasteiger partial charge in [-0.1, -0.05) is 19.3 Å². The molecule has 6 heteroatoms. The first kappa shape index (κ1) is 12.5.